The monoisotopic (exact) mass is 380 g/mol. The number of carbonyl (C=O) groups is 2. The predicted octanol–water partition coefficient (Wildman–Crippen LogP) is 2.98. The SMILES string of the molecule is CCc1cccc(C)c1NC(=O)c1cccc(C(=O)N2CCN(CC)CC2)n1. The molecule has 2 heterocycles. The molecule has 0 aliphatic carbocycles. The number of carbonyl (C=O) groups excluding carboxylic acids is 2. The number of anilines is 1. The number of amides is 2. The van der Waals surface area contributed by atoms with Crippen LogP contribution in [-0.2, 0) is 6.42 Å². The van der Waals surface area contributed by atoms with Crippen molar-refractivity contribution >= 4 is 17.5 Å². The third-order valence-corrected chi connectivity index (χ3v) is 5.29. The fourth-order valence-electron chi connectivity index (χ4n) is 3.49. The molecule has 0 radical (unpaired) electrons. The van der Waals surface area contributed by atoms with Crippen molar-refractivity contribution in [3.8, 4) is 0 Å². The molecule has 28 heavy (non-hydrogen) atoms. The summed E-state index contributed by atoms with van der Waals surface area (Å²) in [6.45, 7) is 10.3. The minimum absolute atomic E-state index is 0.115. The molecule has 1 N–H and O–H groups in total. The van der Waals surface area contributed by atoms with E-state index in [1.165, 1.54) is 0 Å². The number of aryl methyl sites for hydroxylation is 2. The van der Waals surface area contributed by atoms with Crippen LogP contribution in [-0.4, -0.2) is 59.3 Å². The number of likely N-dealkylation sites (N-methyl/N-ethyl adjacent to an activating group) is 1. The first-order valence-corrected chi connectivity index (χ1v) is 9.92. The number of hydrogen-bond acceptors (Lipinski definition) is 4. The molecular weight excluding hydrogens is 352 g/mol. The van der Waals surface area contributed by atoms with E-state index < -0.39 is 0 Å². The highest BCUT2D eigenvalue weighted by Crippen LogP contribution is 2.21. The number of nitrogens with one attached hydrogen (secondary N) is 1. The number of benzene rings is 1. The van der Waals surface area contributed by atoms with E-state index in [2.05, 4.69) is 29.0 Å². The van der Waals surface area contributed by atoms with Gasteiger partial charge in [-0.05, 0) is 43.1 Å². The van der Waals surface area contributed by atoms with Gasteiger partial charge in [0.1, 0.15) is 11.4 Å². The minimum Gasteiger partial charge on any atom is -0.335 e. The second-order valence-electron chi connectivity index (χ2n) is 7.05. The zero-order valence-corrected chi connectivity index (χ0v) is 16.9. The molecule has 1 saturated heterocycles. The molecule has 1 aliphatic heterocycles. The first-order valence-electron chi connectivity index (χ1n) is 9.92. The molecule has 1 fully saturated rings. The van der Waals surface area contributed by atoms with Gasteiger partial charge in [-0.3, -0.25) is 9.59 Å². The Kier molecular flexibility index (Phi) is 6.41. The van der Waals surface area contributed by atoms with Gasteiger partial charge in [-0.25, -0.2) is 4.98 Å². The maximum Gasteiger partial charge on any atom is 0.274 e. The summed E-state index contributed by atoms with van der Waals surface area (Å²) in [7, 11) is 0. The Morgan fingerprint density at radius 2 is 1.68 bits per heavy atom. The Labute approximate surface area is 166 Å². The lowest BCUT2D eigenvalue weighted by molar-refractivity contribution is 0.0637. The van der Waals surface area contributed by atoms with Gasteiger partial charge in [0.2, 0.25) is 0 Å². The summed E-state index contributed by atoms with van der Waals surface area (Å²) >= 11 is 0. The summed E-state index contributed by atoms with van der Waals surface area (Å²) in [6.07, 6.45) is 0.826. The van der Waals surface area contributed by atoms with E-state index in [-0.39, 0.29) is 17.5 Å². The lowest BCUT2D eigenvalue weighted by Gasteiger charge is -2.33. The number of rotatable bonds is 5. The summed E-state index contributed by atoms with van der Waals surface area (Å²) in [6, 6.07) is 11.0. The molecule has 0 atom stereocenters. The molecule has 0 unspecified atom stereocenters. The van der Waals surface area contributed by atoms with Crippen molar-refractivity contribution in [2.75, 3.05) is 38.0 Å². The number of hydrogen-bond donors (Lipinski definition) is 1. The topological polar surface area (TPSA) is 65.5 Å². The van der Waals surface area contributed by atoms with E-state index in [0.717, 1.165) is 42.9 Å². The van der Waals surface area contributed by atoms with Crippen LogP contribution < -0.4 is 5.32 Å². The van der Waals surface area contributed by atoms with Crippen molar-refractivity contribution in [2.45, 2.75) is 27.2 Å². The lowest BCUT2D eigenvalue weighted by Crippen LogP contribution is -2.48. The average molecular weight is 380 g/mol. The van der Waals surface area contributed by atoms with Gasteiger partial charge < -0.3 is 15.1 Å². The van der Waals surface area contributed by atoms with Crippen LogP contribution in [0.15, 0.2) is 36.4 Å². The maximum atomic E-state index is 12.8. The molecule has 0 saturated carbocycles. The summed E-state index contributed by atoms with van der Waals surface area (Å²) in [5.41, 5.74) is 3.48. The Balaban J connectivity index is 1.74. The minimum atomic E-state index is -0.297. The molecule has 0 spiro atoms. The first-order chi connectivity index (χ1) is 13.5. The van der Waals surface area contributed by atoms with Crippen molar-refractivity contribution in [2.24, 2.45) is 0 Å². The first kappa shape index (κ1) is 20.0. The Morgan fingerprint density at radius 3 is 2.36 bits per heavy atom. The molecule has 6 heteroatoms. The normalized spacial score (nSPS) is 14.8. The van der Waals surface area contributed by atoms with Gasteiger partial charge in [-0.2, -0.15) is 0 Å². The van der Waals surface area contributed by atoms with Crippen LogP contribution in [0, 0.1) is 6.92 Å². The molecule has 1 aliphatic rings. The van der Waals surface area contributed by atoms with Crippen LogP contribution in [0.5, 0.6) is 0 Å². The predicted molar refractivity (Wildman–Crippen MR) is 111 cm³/mol. The standard InChI is InChI=1S/C22H28N4O2/c1-4-17-9-6-8-16(3)20(17)24-21(27)18-10-7-11-19(23-18)22(28)26-14-12-25(5-2)13-15-26/h6-11H,4-5,12-15H2,1-3H3,(H,24,27). The molecule has 1 aromatic carbocycles. The van der Waals surface area contributed by atoms with Crippen molar-refractivity contribution in [1.29, 1.82) is 0 Å². The number of nitrogens with zero attached hydrogens (tertiary/aromatic N) is 3. The van der Waals surface area contributed by atoms with Gasteiger partial charge in [0.15, 0.2) is 0 Å². The van der Waals surface area contributed by atoms with Crippen LogP contribution in [0.3, 0.4) is 0 Å². The Hall–Kier alpha value is -2.73. The van der Waals surface area contributed by atoms with E-state index in [9.17, 15) is 9.59 Å². The van der Waals surface area contributed by atoms with E-state index in [4.69, 9.17) is 0 Å². The number of aromatic nitrogens is 1. The second-order valence-corrected chi connectivity index (χ2v) is 7.05. The molecule has 2 aromatic rings. The van der Waals surface area contributed by atoms with Gasteiger partial charge >= 0.3 is 0 Å². The maximum absolute atomic E-state index is 12.8. The molecule has 6 nitrogen and oxygen atoms in total. The fourth-order valence-corrected chi connectivity index (χ4v) is 3.49. The molecular formula is C22H28N4O2. The highest BCUT2D eigenvalue weighted by molar-refractivity contribution is 6.04. The van der Waals surface area contributed by atoms with Crippen molar-refractivity contribution in [3.63, 3.8) is 0 Å². The molecule has 2 amide bonds. The van der Waals surface area contributed by atoms with E-state index >= 15 is 0 Å². The van der Waals surface area contributed by atoms with Crippen LogP contribution in [0.25, 0.3) is 0 Å². The number of piperazine rings is 1. The fraction of sp³-hybridized carbons (Fsp3) is 0.409. The highest BCUT2D eigenvalue weighted by Gasteiger charge is 2.23. The Bertz CT molecular complexity index is 857. The van der Waals surface area contributed by atoms with Gasteiger partial charge in [-0.15, -0.1) is 0 Å². The second kappa shape index (κ2) is 8.97. The molecule has 0 bridgehead atoms. The van der Waals surface area contributed by atoms with E-state index in [0.29, 0.717) is 18.8 Å². The van der Waals surface area contributed by atoms with Crippen LogP contribution in [0.4, 0.5) is 5.69 Å². The number of para-hydroxylation sites is 1. The average Bonchev–Trinajstić information content (AvgIpc) is 2.74. The third kappa shape index (κ3) is 4.39. The Morgan fingerprint density at radius 1 is 1.00 bits per heavy atom. The van der Waals surface area contributed by atoms with Crippen molar-refractivity contribution in [1.82, 2.24) is 14.8 Å². The molecule has 1 aromatic heterocycles. The van der Waals surface area contributed by atoms with Crippen LogP contribution >= 0.6 is 0 Å². The molecule has 148 valence electrons. The third-order valence-electron chi connectivity index (χ3n) is 5.29. The number of pyridine rings is 1. The quantitative estimate of drug-likeness (QED) is 0.866. The summed E-state index contributed by atoms with van der Waals surface area (Å²) in [5.74, 6) is -0.412. The van der Waals surface area contributed by atoms with Gasteiger partial charge in [0.25, 0.3) is 11.8 Å². The zero-order chi connectivity index (χ0) is 20.1. The van der Waals surface area contributed by atoms with Gasteiger partial charge in [0, 0.05) is 31.9 Å². The van der Waals surface area contributed by atoms with Gasteiger partial charge in [-0.1, -0.05) is 38.1 Å². The smallest absolute Gasteiger partial charge is 0.274 e. The van der Waals surface area contributed by atoms with Gasteiger partial charge in [0.05, 0.1) is 0 Å². The summed E-state index contributed by atoms with van der Waals surface area (Å²) in [5, 5.41) is 2.97. The van der Waals surface area contributed by atoms with E-state index in [1.807, 2.05) is 30.0 Å². The zero-order valence-electron chi connectivity index (χ0n) is 16.9. The van der Waals surface area contributed by atoms with Crippen LogP contribution in [0.2, 0.25) is 0 Å². The summed E-state index contributed by atoms with van der Waals surface area (Å²) in [4.78, 5) is 34.0. The summed E-state index contributed by atoms with van der Waals surface area (Å²) < 4.78 is 0. The lowest BCUT2D eigenvalue weighted by atomic mass is 10.1. The largest absolute Gasteiger partial charge is 0.335 e. The van der Waals surface area contributed by atoms with Crippen LogP contribution in [0.1, 0.15) is 46.0 Å². The molecule has 3 rings (SSSR count). The van der Waals surface area contributed by atoms with Crippen molar-refractivity contribution < 1.29 is 9.59 Å². The van der Waals surface area contributed by atoms with Crippen molar-refractivity contribution in [3.05, 3.63) is 58.9 Å². The highest BCUT2D eigenvalue weighted by atomic mass is 16.2. The van der Waals surface area contributed by atoms with E-state index in [1.54, 1.807) is 18.2 Å².